The van der Waals surface area contributed by atoms with Crippen LogP contribution < -0.4 is 5.32 Å². The molecule has 2 heterocycles. The number of thiocarbonyl (C=S) groups is 1. The van der Waals surface area contributed by atoms with E-state index in [1.807, 2.05) is 66.4 Å². The molecular formula is C26H20ClFN4OS. The number of hydrogen-bond acceptors (Lipinski definition) is 4. The standard InChI is InChI=1S/C26H20ClFN4OS/c1-16-22(25-30-24(31-33-25)18-11-13-20(28)14-12-18)23(17-7-3-2-4-8-17)29-26(34)32(16)15-19-9-5-6-10-21(19)27/h2-14,23H,15H2,1H3,(H,29,34). The van der Waals surface area contributed by atoms with Crippen molar-refractivity contribution in [1.29, 1.82) is 0 Å². The number of rotatable bonds is 5. The number of nitrogens with one attached hydrogen (secondary N) is 1. The Balaban J connectivity index is 1.60. The van der Waals surface area contributed by atoms with Gasteiger partial charge >= 0.3 is 0 Å². The van der Waals surface area contributed by atoms with Crippen LogP contribution in [0, 0.1) is 5.82 Å². The Kier molecular flexibility index (Phi) is 6.13. The molecule has 0 saturated carbocycles. The zero-order valence-corrected chi connectivity index (χ0v) is 19.8. The smallest absolute Gasteiger partial charge is 0.258 e. The molecule has 1 aromatic heterocycles. The molecule has 1 N–H and O–H groups in total. The first-order chi connectivity index (χ1) is 16.5. The molecule has 0 aliphatic carbocycles. The highest BCUT2D eigenvalue weighted by molar-refractivity contribution is 7.80. The van der Waals surface area contributed by atoms with E-state index in [-0.39, 0.29) is 11.9 Å². The van der Waals surface area contributed by atoms with Crippen LogP contribution in [0.3, 0.4) is 0 Å². The van der Waals surface area contributed by atoms with Crippen LogP contribution >= 0.6 is 23.8 Å². The molecule has 0 radical (unpaired) electrons. The molecule has 0 saturated heterocycles. The second kappa shape index (κ2) is 9.37. The predicted molar refractivity (Wildman–Crippen MR) is 134 cm³/mol. The summed E-state index contributed by atoms with van der Waals surface area (Å²) in [6.07, 6.45) is 0. The normalized spacial score (nSPS) is 16.0. The summed E-state index contributed by atoms with van der Waals surface area (Å²) in [5.74, 6) is 0.424. The number of allylic oxidation sites excluding steroid dienone is 1. The fraction of sp³-hybridized carbons (Fsp3) is 0.115. The number of nitrogens with zero attached hydrogens (tertiary/aromatic N) is 3. The van der Waals surface area contributed by atoms with Crippen LogP contribution in [-0.4, -0.2) is 20.2 Å². The lowest BCUT2D eigenvalue weighted by Gasteiger charge is -2.37. The first-order valence-corrected chi connectivity index (χ1v) is 11.5. The summed E-state index contributed by atoms with van der Waals surface area (Å²) in [5.41, 5.74) is 4.32. The van der Waals surface area contributed by atoms with Gasteiger partial charge in [0.1, 0.15) is 5.82 Å². The zero-order chi connectivity index (χ0) is 23.7. The molecule has 0 fully saturated rings. The van der Waals surface area contributed by atoms with Crippen molar-refractivity contribution < 1.29 is 8.91 Å². The molecule has 1 atom stereocenters. The van der Waals surface area contributed by atoms with Crippen molar-refractivity contribution in [2.75, 3.05) is 0 Å². The highest BCUT2D eigenvalue weighted by Gasteiger charge is 2.34. The van der Waals surface area contributed by atoms with Crippen molar-refractivity contribution in [3.8, 4) is 11.4 Å². The molecule has 3 aromatic carbocycles. The maximum Gasteiger partial charge on any atom is 0.258 e. The summed E-state index contributed by atoms with van der Waals surface area (Å²) < 4.78 is 19.1. The summed E-state index contributed by atoms with van der Waals surface area (Å²) in [6.45, 7) is 2.47. The van der Waals surface area contributed by atoms with Gasteiger partial charge in [0.05, 0.1) is 18.2 Å². The van der Waals surface area contributed by atoms with Gasteiger partial charge in [0.15, 0.2) is 5.11 Å². The Hall–Kier alpha value is -3.55. The third kappa shape index (κ3) is 4.32. The van der Waals surface area contributed by atoms with E-state index < -0.39 is 0 Å². The van der Waals surface area contributed by atoms with Crippen LogP contribution in [0.4, 0.5) is 4.39 Å². The third-order valence-corrected chi connectivity index (χ3v) is 6.48. The van der Waals surface area contributed by atoms with Crippen molar-refractivity contribution in [3.63, 3.8) is 0 Å². The average molecular weight is 491 g/mol. The van der Waals surface area contributed by atoms with Crippen molar-refractivity contribution in [2.45, 2.75) is 19.5 Å². The van der Waals surface area contributed by atoms with Gasteiger partial charge in [-0.15, -0.1) is 0 Å². The monoisotopic (exact) mass is 490 g/mol. The fourth-order valence-corrected chi connectivity index (χ4v) is 4.51. The minimum atomic E-state index is -0.324. The number of benzene rings is 3. The van der Waals surface area contributed by atoms with E-state index in [1.54, 1.807) is 12.1 Å². The Labute approximate surface area is 206 Å². The molecule has 5 rings (SSSR count). The summed E-state index contributed by atoms with van der Waals surface area (Å²) in [5, 5.41) is 8.83. The molecule has 5 nitrogen and oxygen atoms in total. The molecule has 1 aliphatic heterocycles. The molecule has 4 aromatic rings. The van der Waals surface area contributed by atoms with E-state index in [4.69, 9.17) is 28.3 Å². The molecule has 8 heteroatoms. The minimum absolute atomic E-state index is 0.280. The maximum absolute atomic E-state index is 13.4. The minimum Gasteiger partial charge on any atom is -0.351 e. The van der Waals surface area contributed by atoms with Crippen molar-refractivity contribution in [3.05, 3.63) is 112 Å². The Bertz CT molecular complexity index is 1370. The topological polar surface area (TPSA) is 54.2 Å². The molecule has 0 spiro atoms. The van der Waals surface area contributed by atoms with E-state index in [0.29, 0.717) is 34.0 Å². The van der Waals surface area contributed by atoms with Crippen molar-refractivity contribution >= 4 is 34.5 Å². The largest absolute Gasteiger partial charge is 0.351 e. The van der Waals surface area contributed by atoms with Crippen molar-refractivity contribution in [2.24, 2.45) is 0 Å². The van der Waals surface area contributed by atoms with E-state index >= 15 is 0 Å². The van der Waals surface area contributed by atoms with Gasteiger partial charge in [-0.1, -0.05) is 65.3 Å². The average Bonchev–Trinajstić information content (AvgIpc) is 3.33. The first kappa shape index (κ1) is 22.3. The summed E-state index contributed by atoms with van der Waals surface area (Å²) in [6, 6.07) is 23.3. The zero-order valence-electron chi connectivity index (χ0n) is 18.2. The molecule has 1 unspecified atom stereocenters. The van der Waals surface area contributed by atoms with Gasteiger partial charge in [0, 0.05) is 16.3 Å². The summed E-state index contributed by atoms with van der Waals surface area (Å²) in [7, 11) is 0. The Morgan fingerprint density at radius 2 is 1.74 bits per heavy atom. The van der Waals surface area contributed by atoms with Gasteiger partial charge in [-0.05, 0) is 60.6 Å². The van der Waals surface area contributed by atoms with Gasteiger partial charge in [-0.2, -0.15) is 4.98 Å². The predicted octanol–water partition coefficient (Wildman–Crippen LogP) is 6.39. The van der Waals surface area contributed by atoms with Gasteiger partial charge in [-0.3, -0.25) is 0 Å². The highest BCUT2D eigenvalue weighted by atomic mass is 35.5. The van der Waals surface area contributed by atoms with Crippen LogP contribution in [0.5, 0.6) is 0 Å². The molecule has 0 bridgehead atoms. The number of aromatic nitrogens is 2. The lowest BCUT2D eigenvalue weighted by molar-refractivity contribution is 0.396. The van der Waals surface area contributed by atoms with E-state index in [9.17, 15) is 4.39 Å². The Morgan fingerprint density at radius 1 is 1.03 bits per heavy atom. The second-order valence-corrected chi connectivity index (χ2v) is 8.69. The summed E-state index contributed by atoms with van der Waals surface area (Å²) >= 11 is 12.2. The fourth-order valence-electron chi connectivity index (χ4n) is 3.99. The second-order valence-electron chi connectivity index (χ2n) is 7.90. The third-order valence-electron chi connectivity index (χ3n) is 5.77. The van der Waals surface area contributed by atoms with E-state index in [2.05, 4.69) is 15.5 Å². The molecule has 1 aliphatic rings. The lowest BCUT2D eigenvalue weighted by Crippen LogP contribution is -2.45. The quantitative estimate of drug-likeness (QED) is 0.327. The van der Waals surface area contributed by atoms with Crippen LogP contribution in [-0.2, 0) is 6.54 Å². The number of halogens is 2. The molecule has 170 valence electrons. The summed E-state index contributed by atoms with van der Waals surface area (Å²) in [4.78, 5) is 6.63. The van der Waals surface area contributed by atoms with Crippen molar-refractivity contribution in [1.82, 2.24) is 20.4 Å². The van der Waals surface area contributed by atoms with Gasteiger partial charge in [-0.25, -0.2) is 4.39 Å². The van der Waals surface area contributed by atoms with Crippen LogP contribution in [0.1, 0.15) is 30.0 Å². The molecule has 34 heavy (non-hydrogen) atoms. The van der Waals surface area contributed by atoms with E-state index in [1.165, 1.54) is 12.1 Å². The van der Waals surface area contributed by atoms with Gasteiger partial charge in [0.2, 0.25) is 5.82 Å². The lowest BCUT2D eigenvalue weighted by atomic mass is 9.94. The Morgan fingerprint density at radius 3 is 2.47 bits per heavy atom. The maximum atomic E-state index is 13.4. The SMILES string of the molecule is CC1=C(c2nc(-c3ccc(F)cc3)no2)C(c2ccccc2)NC(=S)N1Cc1ccccc1Cl. The van der Waals surface area contributed by atoms with E-state index in [0.717, 1.165) is 22.4 Å². The number of hydrogen-bond donors (Lipinski definition) is 1. The van der Waals surface area contributed by atoms with Crippen LogP contribution in [0.15, 0.2) is 89.1 Å². The molecule has 0 amide bonds. The van der Waals surface area contributed by atoms with Crippen LogP contribution in [0.2, 0.25) is 5.02 Å². The highest BCUT2D eigenvalue weighted by Crippen LogP contribution is 2.38. The molecular weight excluding hydrogens is 471 g/mol. The van der Waals surface area contributed by atoms with Gasteiger partial charge < -0.3 is 14.7 Å². The van der Waals surface area contributed by atoms with Crippen LogP contribution in [0.25, 0.3) is 17.0 Å². The van der Waals surface area contributed by atoms with Gasteiger partial charge in [0.25, 0.3) is 5.89 Å². The first-order valence-electron chi connectivity index (χ1n) is 10.7.